The third-order valence-corrected chi connectivity index (χ3v) is 7.77. The number of fused-ring (bicyclic) bond motifs is 1. The second kappa shape index (κ2) is 11.0. The highest BCUT2D eigenvalue weighted by molar-refractivity contribution is 6.08. The van der Waals surface area contributed by atoms with E-state index in [1.165, 1.54) is 37.8 Å². The summed E-state index contributed by atoms with van der Waals surface area (Å²) in [4.78, 5) is 27.9. The average molecular weight is 521 g/mol. The van der Waals surface area contributed by atoms with Crippen molar-refractivity contribution in [3.05, 3.63) is 89.0 Å². The van der Waals surface area contributed by atoms with Crippen molar-refractivity contribution in [1.29, 1.82) is 0 Å². The largest absolute Gasteiger partial charge is 0.416 e. The molecule has 1 heterocycles. The van der Waals surface area contributed by atoms with Crippen LogP contribution in [-0.4, -0.2) is 23.3 Å². The highest BCUT2D eigenvalue weighted by atomic mass is 19.4. The van der Waals surface area contributed by atoms with Crippen LogP contribution >= 0.6 is 0 Å². The number of nitrogens with one attached hydrogen (secondary N) is 1. The number of benzene rings is 3. The van der Waals surface area contributed by atoms with Crippen molar-refractivity contribution in [3.8, 4) is 11.1 Å². The third-order valence-electron chi connectivity index (χ3n) is 7.77. The van der Waals surface area contributed by atoms with Crippen LogP contribution < -0.4 is 5.32 Å². The zero-order chi connectivity index (χ0) is 26.7. The van der Waals surface area contributed by atoms with Crippen molar-refractivity contribution >= 4 is 17.5 Å². The summed E-state index contributed by atoms with van der Waals surface area (Å²) in [5.74, 6) is 0.589. The van der Waals surface area contributed by atoms with Crippen LogP contribution in [0.1, 0.15) is 65.6 Å². The maximum atomic E-state index is 13.2. The third kappa shape index (κ3) is 5.93. The Labute approximate surface area is 220 Å². The van der Waals surface area contributed by atoms with Crippen molar-refractivity contribution < 1.29 is 22.8 Å². The first-order valence-electron chi connectivity index (χ1n) is 13.3. The van der Waals surface area contributed by atoms with Crippen molar-refractivity contribution in [1.82, 2.24) is 4.90 Å². The van der Waals surface area contributed by atoms with Gasteiger partial charge in [-0.2, -0.15) is 13.2 Å². The molecular formula is C31H31F3N2O2. The Hall–Kier alpha value is -3.61. The minimum atomic E-state index is -4.42. The summed E-state index contributed by atoms with van der Waals surface area (Å²) in [5.41, 5.74) is 3.59. The molecule has 3 aromatic rings. The van der Waals surface area contributed by atoms with Crippen molar-refractivity contribution in [2.75, 3.05) is 11.9 Å². The topological polar surface area (TPSA) is 49.4 Å². The Balaban J connectivity index is 1.25. The van der Waals surface area contributed by atoms with Crippen LogP contribution in [0.2, 0.25) is 0 Å². The second-order valence-electron chi connectivity index (χ2n) is 10.3. The predicted molar refractivity (Wildman–Crippen MR) is 142 cm³/mol. The van der Waals surface area contributed by atoms with Crippen LogP contribution in [-0.2, 0) is 23.9 Å². The molecule has 0 aromatic heterocycles. The fourth-order valence-electron chi connectivity index (χ4n) is 5.60. The number of halogens is 3. The lowest BCUT2D eigenvalue weighted by atomic mass is 9.96. The molecule has 7 heteroatoms. The molecular weight excluding hydrogens is 489 g/mol. The van der Waals surface area contributed by atoms with Crippen LogP contribution in [0.5, 0.6) is 0 Å². The molecule has 0 spiro atoms. The Morgan fingerprint density at radius 2 is 1.66 bits per heavy atom. The minimum Gasteiger partial charge on any atom is -0.338 e. The van der Waals surface area contributed by atoms with Gasteiger partial charge in [-0.1, -0.05) is 62.1 Å². The molecule has 1 fully saturated rings. The van der Waals surface area contributed by atoms with E-state index in [2.05, 4.69) is 5.32 Å². The molecule has 0 saturated heterocycles. The lowest BCUT2D eigenvalue weighted by Crippen LogP contribution is -2.36. The second-order valence-corrected chi connectivity index (χ2v) is 10.3. The van der Waals surface area contributed by atoms with Crippen LogP contribution in [0, 0.1) is 5.92 Å². The first kappa shape index (κ1) is 26.0. The van der Waals surface area contributed by atoms with Crippen LogP contribution in [0.3, 0.4) is 0 Å². The van der Waals surface area contributed by atoms with E-state index in [-0.39, 0.29) is 11.8 Å². The van der Waals surface area contributed by atoms with E-state index in [0.29, 0.717) is 47.8 Å². The van der Waals surface area contributed by atoms with Gasteiger partial charge in [0.2, 0.25) is 5.91 Å². The van der Waals surface area contributed by atoms with Gasteiger partial charge in [0.15, 0.2) is 0 Å². The molecule has 3 aromatic carbocycles. The summed E-state index contributed by atoms with van der Waals surface area (Å²) in [6, 6.07) is 17.4. The molecule has 38 heavy (non-hydrogen) atoms. The molecule has 0 unspecified atom stereocenters. The Morgan fingerprint density at radius 1 is 0.921 bits per heavy atom. The smallest absolute Gasteiger partial charge is 0.338 e. The maximum absolute atomic E-state index is 13.2. The highest BCUT2D eigenvalue weighted by Crippen LogP contribution is 2.33. The Kier molecular flexibility index (Phi) is 7.54. The first-order chi connectivity index (χ1) is 18.3. The van der Waals surface area contributed by atoms with E-state index >= 15 is 0 Å². The number of carbonyl (C=O) groups is 2. The molecule has 198 valence electrons. The van der Waals surface area contributed by atoms with Gasteiger partial charge in [-0.05, 0) is 71.3 Å². The summed E-state index contributed by atoms with van der Waals surface area (Å²) < 4.78 is 38.9. The summed E-state index contributed by atoms with van der Waals surface area (Å²) in [5, 5.41) is 2.94. The summed E-state index contributed by atoms with van der Waals surface area (Å²) in [6.07, 6.45) is 3.00. The van der Waals surface area contributed by atoms with E-state index < -0.39 is 11.7 Å². The van der Waals surface area contributed by atoms with Gasteiger partial charge in [0.05, 0.1) is 5.56 Å². The number of nitrogens with zero attached hydrogens (tertiary/aromatic N) is 1. The van der Waals surface area contributed by atoms with E-state index in [4.69, 9.17) is 0 Å². The SMILES string of the molecule is O=C(Nc1ccc2c(c1)CCN(C(=O)CCC1CCCC1)C2)c1ccccc1-c1ccc(C(F)(F)F)cc1. The van der Waals surface area contributed by atoms with Crippen LogP contribution in [0.25, 0.3) is 11.1 Å². The summed E-state index contributed by atoms with van der Waals surface area (Å²) >= 11 is 0. The number of rotatable bonds is 6. The van der Waals surface area contributed by atoms with Gasteiger partial charge in [-0.15, -0.1) is 0 Å². The maximum Gasteiger partial charge on any atom is 0.416 e. The molecule has 2 aliphatic rings. The molecule has 1 aliphatic heterocycles. The number of carbonyl (C=O) groups excluding carboxylic acids is 2. The molecule has 5 rings (SSSR count). The quantitative estimate of drug-likeness (QED) is 0.366. The van der Waals surface area contributed by atoms with Gasteiger partial charge in [0, 0.05) is 30.8 Å². The van der Waals surface area contributed by atoms with Gasteiger partial charge in [-0.25, -0.2) is 0 Å². The van der Waals surface area contributed by atoms with Gasteiger partial charge >= 0.3 is 6.18 Å². The predicted octanol–water partition coefficient (Wildman–Crippen LogP) is 7.48. The van der Waals surface area contributed by atoms with Gasteiger partial charge in [0.25, 0.3) is 5.91 Å². The molecule has 0 bridgehead atoms. The molecule has 4 nitrogen and oxygen atoms in total. The van der Waals surface area contributed by atoms with E-state index in [1.54, 1.807) is 24.3 Å². The van der Waals surface area contributed by atoms with Crippen LogP contribution in [0.15, 0.2) is 66.7 Å². The van der Waals surface area contributed by atoms with Crippen molar-refractivity contribution in [2.24, 2.45) is 5.92 Å². The summed E-state index contributed by atoms with van der Waals surface area (Å²) in [6.45, 7) is 1.26. The lowest BCUT2D eigenvalue weighted by Gasteiger charge is -2.29. The first-order valence-corrected chi connectivity index (χ1v) is 13.3. The lowest BCUT2D eigenvalue weighted by molar-refractivity contribution is -0.137. The number of alkyl halides is 3. The Bertz CT molecular complexity index is 1310. The normalized spacial score (nSPS) is 15.8. The van der Waals surface area contributed by atoms with Gasteiger partial charge < -0.3 is 10.2 Å². The summed E-state index contributed by atoms with van der Waals surface area (Å²) in [7, 11) is 0. The number of amides is 2. The average Bonchev–Trinajstić information content (AvgIpc) is 3.45. The van der Waals surface area contributed by atoms with E-state index in [9.17, 15) is 22.8 Å². The Morgan fingerprint density at radius 3 is 2.39 bits per heavy atom. The fourth-order valence-corrected chi connectivity index (χ4v) is 5.60. The van der Waals surface area contributed by atoms with Gasteiger partial charge in [0.1, 0.15) is 0 Å². The number of hydrogen-bond donors (Lipinski definition) is 1. The van der Waals surface area contributed by atoms with Crippen molar-refractivity contribution in [3.63, 3.8) is 0 Å². The molecule has 0 radical (unpaired) electrons. The molecule has 0 atom stereocenters. The fraction of sp³-hybridized carbons (Fsp3) is 0.355. The highest BCUT2D eigenvalue weighted by Gasteiger charge is 2.30. The number of anilines is 1. The van der Waals surface area contributed by atoms with Gasteiger partial charge in [-0.3, -0.25) is 9.59 Å². The zero-order valence-corrected chi connectivity index (χ0v) is 21.2. The van der Waals surface area contributed by atoms with Crippen molar-refractivity contribution in [2.45, 2.75) is 57.7 Å². The molecule has 1 N–H and O–H groups in total. The van der Waals surface area contributed by atoms with E-state index in [0.717, 1.165) is 36.1 Å². The standard InChI is InChI=1S/C31H31F3N2O2/c32-31(33,34)25-13-10-22(11-14-25)27-7-3-4-8-28(27)30(38)35-26-15-12-24-20-36(18-17-23(24)19-26)29(37)16-9-21-5-1-2-6-21/h3-4,7-8,10-15,19,21H,1-2,5-6,9,16-18,20H2,(H,35,38). The number of hydrogen-bond acceptors (Lipinski definition) is 2. The monoisotopic (exact) mass is 520 g/mol. The zero-order valence-electron chi connectivity index (χ0n) is 21.2. The van der Waals surface area contributed by atoms with Crippen LogP contribution in [0.4, 0.5) is 18.9 Å². The minimum absolute atomic E-state index is 0.222. The molecule has 1 aliphatic carbocycles. The molecule has 1 saturated carbocycles. The van der Waals surface area contributed by atoms with E-state index in [1.807, 2.05) is 23.1 Å². The molecule has 2 amide bonds.